The van der Waals surface area contributed by atoms with E-state index in [0.717, 1.165) is 30.7 Å². The van der Waals surface area contributed by atoms with Crippen LogP contribution in [0.2, 0.25) is 0 Å². The lowest BCUT2D eigenvalue weighted by Gasteiger charge is -2.20. The minimum absolute atomic E-state index is 0.816. The molecule has 110 valence electrons. The Morgan fingerprint density at radius 2 is 1.76 bits per heavy atom. The molecule has 0 saturated carbocycles. The molecule has 0 aromatic carbocycles. The number of hydrogen-bond acceptors (Lipinski definition) is 4. The highest BCUT2D eigenvalue weighted by Gasteiger charge is 2.39. The van der Waals surface area contributed by atoms with Crippen LogP contribution in [0.5, 0.6) is 0 Å². The summed E-state index contributed by atoms with van der Waals surface area (Å²) in [6.45, 7) is 6.84. The molecule has 2 atom stereocenters. The molecular formula is C17H21N3O. The van der Waals surface area contributed by atoms with Gasteiger partial charge in [-0.15, -0.1) is 0 Å². The average Bonchev–Trinajstić information content (AvgIpc) is 3.17. The maximum atomic E-state index is 5.46. The molecule has 4 heterocycles. The van der Waals surface area contributed by atoms with E-state index >= 15 is 0 Å². The standard InChI is InChI=1S/C17H21N3O/c1-3-14(7-18-5-1)8-19-9-15-11-20(12-16(15)10-19)13-17-4-2-6-21-17/h1-7,15-16H,8-13H2/t15-,16-/m0/s1. The summed E-state index contributed by atoms with van der Waals surface area (Å²) in [5.41, 5.74) is 1.32. The predicted molar refractivity (Wildman–Crippen MR) is 80.5 cm³/mol. The maximum absolute atomic E-state index is 5.46. The van der Waals surface area contributed by atoms with Crippen molar-refractivity contribution in [1.29, 1.82) is 0 Å². The van der Waals surface area contributed by atoms with Crippen molar-refractivity contribution in [2.75, 3.05) is 26.2 Å². The fourth-order valence-corrected chi connectivity index (χ4v) is 3.82. The zero-order valence-electron chi connectivity index (χ0n) is 12.2. The Labute approximate surface area is 125 Å². The topological polar surface area (TPSA) is 32.5 Å². The van der Waals surface area contributed by atoms with Gasteiger partial charge in [-0.3, -0.25) is 14.8 Å². The number of nitrogens with zero attached hydrogens (tertiary/aromatic N) is 3. The lowest BCUT2D eigenvalue weighted by molar-refractivity contribution is 0.234. The third-order valence-corrected chi connectivity index (χ3v) is 4.73. The Hall–Kier alpha value is -1.65. The fourth-order valence-electron chi connectivity index (χ4n) is 3.82. The van der Waals surface area contributed by atoms with Crippen molar-refractivity contribution in [3.8, 4) is 0 Å². The highest BCUT2D eigenvalue weighted by molar-refractivity contribution is 5.09. The largest absolute Gasteiger partial charge is 0.468 e. The van der Waals surface area contributed by atoms with Crippen LogP contribution in [-0.2, 0) is 13.1 Å². The molecule has 2 aliphatic rings. The van der Waals surface area contributed by atoms with Crippen LogP contribution in [0.3, 0.4) is 0 Å². The van der Waals surface area contributed by atoms with Gasteiger partial charge < -0.3 is 4.42 Å². The first-order valence-corrected chi connectivity index (χ1v) is 7.73. The zero-order chi connectivity index (χ0) is 14.1. The molecule has 21 heavy (non-hydrogen) atoms. The van der Waals surface area contributed by atoms with E-state index in [1.165, 1.54) is 31.7 Å². The normalized spacial score (nSPS) is 26.3. The van der Waals surface area contributed by atoms with E-state index in [2.05, 4.69) is 26.9 Å². The van der Waals surface area contributed by atoms with Gasteiger partial charge in [-0.2, -0.15) is 0 Å². The summed E-state index contributed by atoms with van der Waals surface area (Å²) in [7, 11) is 0. The van der Waals surface area contributed by atoms with Crippen LogP contribution in [0.1, 0.15) is 11.3 Å². The van der Waals surface area contributed by atoms with Crippen molar-refractivity contribution in [2.24, 2.45) is 11.8 Å². The molecular weight excluding hydrogens is 262 g/mol. The van der Waals surface area contributed by atoms with Crippen molar-refractivity contribution in [1.82, 2.24) is 14.8 Å². The van der Waals surface area contributed by atoms with Gasteiger partial charge in [-0.05, 0) is 35.6 Å². The lowest BCUT2D eigenvalue weighted by atomic mass is 10.0. The summed E-state index contributed by atoms with van der Waals surface area (Å²) in [4.78, 5) is 9.32. The van der Waals surface area contributed by atoms with Crippen LogP contribution in [0.25, 0.3) is 0 Å². The van der Waals surface area contributed by atoms with Crippen LogP contribution in [0.4, 0.5) is 0 Å². The quantitative estimate of drug-likeness (QED) is 0.861. The van der Waals surface area contributed by atoms with Crippen LogP contribution in [0, 0.1) is 11.8 Å². The van der Waals surface area contributed by atoms with Crippen LogP contribution < -0.4 is 0 Å². The van der Waals surface area contributed by atoms with Gasteiger partial charge in [0.1, 0.15) is 5.76 Å². The summed E-state index contributed by atoms with van der Waals surface area (Å²) in [6.07, 6.45) is 5.59. The number of rotatable bonds is 4. The molecule has 2 aromatic rings. The molecule has 4 nitrogen and oxygen atoms in total. The second-order valence-corrected chi connectivity index (χ2v) is 6.35. The summed E-state index contributed by atoms with van der Waals surface area (Å²) in [5, 5.41) is 0. The van der Waals surface area contributed by atoms with Crippen molar-refractivity contribution in [3.05, 3.63) is 54.2 Å². The van der Waals surface area contributed by atoms with Gasteiger partial charge in [0.15, 0.2) is 0 Å². The van der Waals surface area contributed by atoms with Gasteiger partial charge in [-0.1, -0.05) is 6.07 Å². The van der Waals surface area contributed by atoms with E-state index in [9.17, 15) is 0 Å². The molecule has 0 radical (unpaired) electrons. The average molecular weight is 283 g/mol. The molecule has 0 spiro atoms. The minimum Gasteiger partial charge on any atom is -0.468 e. The Morgan fingerprint density at radius 1 is 1.00 bits per heavy atom. The number of pyridine rings is 1. The highest BCUT2D eigenvalue weighted by atomic mass is 16.3. The first-order chi connectivity index (χ1) is 10.4. The number of hydrogen-bond donors (Lipinski definition) is 0. The van der Waals surface area contributed by atoms with E-state index in [1.54, 1.807) is 6.26 Å². The van der Waals surface area contributed by atoms with Crippen LogP contribution in [-0.4, -0.2) is 41.0 Å². The van der Waals surface area contributed by atoms with Gasteiger partial charge in [0.25, 0.3) is 0 Å². The predicted octanol–water partition coefficient (Wildman–Crippen LogP) is 2.24. The summed E-state index contributed by atoms with van der Waals surface area (Å²) in [5.74, 6) is 2.72. The molecule has 2 aliphatic heterocycles. The number of aromatic nitrogens is 1. The Bertz CT molecular complexity index is 555. The van der Waals surface area contributed by atoms with Crippen molar-refractivity contribution < 1.29 is 4.42 Å². The first kappa shape index (κ1) is 13.0. The second-order valence-electron chi connectivity index (χ2n) is 6.35. The zero-order valence-corrected chi connectivity index (χ0v) is 12.2. The Balaban J connectivity index is 1.31. The van der Waals surface area contributed by atoms with E-state index in [-0.39, 0.29) is 0 Å². The van der Waals surface area contributed by atoms with Gasteiger partial charge in [0.05, 0.1) is 12.8 Å². The fraction of sp³-hybridized carbons (Fsp3) is 0.471. The van der Waals surface area contributed by atoms with E-state index in [0.29, 0.717) is 0 Å². The molecule has 2 aromatic heterocycles. The minimum atomic E-state index is 0.816. The summed E-state index contributed by atoms with van der Waals surface area (Å²) >= 11 is 0. The monoisotopic (exact) mass is 283 g/mol. The van der Waals surface area contributed by atoms with Crippen LogP contribution >= 0.6 is 0 Å². The lowest BCUT2D eigenvalue weighted by Crippen LogP contribution is -2.28. The smallest absolute Gasteiger partial charge is 0.117 e. The summed E-state index contributed by atoms with van der Waals surface area (Å²) in [6, 6.07) is 8.24. The molecule has 0 aliphatic carbocycles. The molecule has 0 bridgehead atoms. The number of likely N-dealkylation sites (tertiary alicyclic amines) is 2. The van der Waals surface area contributed by atoms with Crippen molar-refractivity contribution in [3.63, 3.8) is 0 Å². The molecule has 0 amide bonds. The molecule has 4 rings (SSSR count). The molecule has 2 fully saturated rings. The molecule has 2 saturated heterocycles. The molecule has 0 unspecified atom stereocenters. The molecule has 0 N–H and O–H groups in total. The number of furan rings is 1. The molecule has 4 heteroatoms. The van der Waals surface area contributed by atoms with Crippen molar-refractivity contribution in [2.45, 2.75) is 13.1 Å². The van der Waals surface area contributed by atoms with E-state index in [1.807, 2.05) is 24.5 Å². The number of fused-ring (bicyclic) bond motifs is 1. The first-order valence-electron chi connectivity index (χ1n) is 7.73. The van der Waals surface area contributed by atoms with E-state index in [4.69, 9.17) is 4.42 Å². The maximum Gasteiger partial charge on any atom is 0.117 e. The highest BCUT2D eigenvalue weighted by Crippen LogP contribution is 2.32. The van der Waals surface area contributed by atoms with Crippen molar-refractivity contribution >= 4 is 0 Å². The van der Waals surface area contributed by atoms with E-state index < -0.39 is 0 Å². The third kappa shape index (κ3) is 2.87. The Morgan fingerprint density at radius 3 is 2.38 bits per heavy atom. The van der Waals surface area contributed by atoms with Crippen LogP contribution in [0.15, 0.2) is 47.3 Å². The SMILES string of the molecule is c1cncc(CN2C[C@H]3CN(Cc4ccco4)C[C@@H]3C2)c1. The summed E-state index contributed by atoms with van der Waals surface area (Å²) < 4.78 is 5.46. The van der Waals surface area contributed by atoms with Gasteiger partial charge in [0, 0.05) is 45.1 Å². The van der Waals surface area contributed by atoms with Gasteiger partial charge in [-0.25, -0.2) is 0 Å². The Kier molecular flexibility index (Phi) is 3.49. The van der Waals surface area contributed by atoms with Gasteiger partial charge in [0.2, 0.25) is 0 Å². The third-order valence-electron chi connectivity index (χ3n) is 4.73. The second kappa shape index (κ2) is 5.62. The van der Waals surface area contributed by atoms with Gasteiger partial charge >= 0.3 is 0 Å².